The van der Waals surface area contributed by atoms with Gasteiger partial charge >= 0.3 is 0 Å². The summed E-state index contributed by atoms with van der Waals surface area (Å²) < 4.78 is 5.33. The van der Waals surface area contributed by atoms with Crippen molar-refractivity contribution in [3.63, 3.8) is 0 Å². The average Bonchev–Trinajstić information content (AvgIpc) is 1.94. The summed E-state index contributed by atoms with van der Waals surface area (Å²) >= 11 is 1.91. The lowest BCUT2D eigenvalue weighted by atomic mass is 10.2. The van der Waals surface area contributed by atoms with Gasteiger partial charge in [-0.2, -0.15) is 0 Å². The summed E-state index contributed by atoms with van der Waals surface area (Å²) in [7, 11) is 0. The molecule has 0 saturated carbocycles. The van der Waals surface area contributed by atoms with Gasteiger partial charge in [-0.05, 0) is 19.1 Å². The lowest BCUT2D eigenvalue weighted by Crippen LogP contribution is -2.07. The first-order chi connectivity index (χ1) is 4.84. The Kier molecular flexibility index (Phi) is 3.29. The molecule has 0 aromatic carbocycles. The van der Waals surface area contributed by atoms with Crippen molar-refractivity contribution in [2.45, 2.75) is 20.3 Å². The second kappa shape index (κ2) is 4.04. The summed E-state index contributed by atoms with van der Waals surface area (Å²) in [5.74, 6) is 1.16. The first-order valence-electron chi connectivity index (χ1n) is 3.73. The van der Waals surface area contributed by atoms with Gasteiger partial charge in [-0.15, -0.1) is 11.8 Å². The molecule has 1 heterocycles. The van der Waals surface area contributed by atoms with Crippen LogP contribution in [0, 0.1) is 0 Å². The predicted octanol–water partition coefficient (Wildman–Crippen LogP) is 2.43. The summed E-state index contributed by atoms with van der Waals surface area (Å²) in [6.45, 7) is 6.16. The maximum absolute atomic E-state index is 5.33. The van der Waals surface area contributed by atoms with Gasteiger partial charge in [-0.3, -0.25) is 0 Å². The summed E-state index contributed by atoms with van der Waals surface area (Å²) in [5.41, 5.74) is 1.53. The third kappa shape index (κ3) is 2.03. The minimum absolute atomic E-state index is 0.852. The van der Waals surface area contributed by atoms with Crippen LogP contribution in [0.25, 0.3) is 0 Å². The minimum atomic E-state index is 0.852. The van der Waals surface area contributed by atoms with Crippen LogP contribution in [0.15, 0.2) is 10.5 Å². The van der Waals surface area contributed by atoms with E-state index in [9.17, 15) is 0 Å². The van der Waals surface area contributed by atoms with Gasteiger partial charge in [-0.25, -0.2) is 0 Å². The van der Waals surface area contributed by atoms with E-state index >= 15 is 0 Å². The van der Waals surface area contributed by atoms with Crippen LogP contribution >= 0.6 is 11.8 Å². The summed E-state index contributed by atoms with van der Waals surface area (Å²) in [5, 5.41) is 0. The van der Waals surface area contributed by atoms with Crippen LogP contribution in [0.4, 0.5) is 0 Å². The molecule has 0 unspecified atom stereocenters. The van der Waals surface area contributed by atoms with Gasteiger partial charge in [-0.1, -0.05) is 12.5 Å². The minimum Gasteiger partial charge on any atom is -0.376 e. The highest BCUT2D eigenvalue weighted by Crippen LogP contribution is 2.24. The molecule has 1 nitrogen and oxygen atoms in total. The Hall–Kier alpha value is 0.0500. The SMILES string of the molecule is CCSC1=C(C)CCOC1. The molecule has 1 aliphatic heterocycles. The molecular weight excluding hydrogens is 144 g/mol. The van der Waals surface area contributed by atoms with Crippen LogP contribution < -0.4 is 0 Å². The van der Waals surface area contributed by atoms with Gasteiger partial charge in [0.1, 0.15) is 0 Å². The van der Waals surface area contributed by atoms with Crippen LogP contribution in [-0.4, -0.2) is 19.0 Å². The molecule has 0 fully saturated rings. The van der Waals surface area contributed by atoms with Crippen LogP contribution in [0.5, 0.6) is 0 Å². The monoisotopic (exact) mass is 158 g/mol. The third-order valence-electron chi connectivity index (χ3n) is 1.65. The molecule has 0 aromatic heterocycles. The lowest BCUT2D eigenvalue weighted by molar-refractivity contribution is 0.152. The van der Waals surface area contributed by atoms with Crippen molar-refractivity contribution in [3.05, 3.63) is 10.5 Å². The van der Waals surface area contributed by atoms with Gasteiger partial charge in [0.15, 0.2) is 0 Å². The van der Waals surface area contributed by atoms with Crippen molar-refractivity contribution in [2.24, 2.45) is 0 Å². The molecule has 1 aliphatic rings. The Labute approximate surface area is 66.8 Å². The van der Waals surface area contributed by atoms with Crippen molar-refractivity contribution in [2.75, 3.05) is 19.0 Å². The number of thioether (sulfide) groups is 1. The highest BCUT2D eigenvalue weighted by molar-refractivity contribution is 8.03. The zero-order valence-corrected chi connectivity index (χ0v) is 7.46. The Morgan fingerprint density at radius 2 is 2.40 bits per heavy atom. The van der Waals surface area contributed by atoms with E-state index < -0.39 is 0 Å². The number of hydrogen-bond acceptors (Lipinski definition) is 2. The summed E-state index contributed by atoms with van der Waals surface area (Å²) in [4.78, 5) is 1.45. The number of rotatable bonds is 2. The number of ether oxygens (including phenoxy) is 1. The smallest absolute Gasteiger partial charge is 0.0775 e. The second-order valence-corrected chi connectivity index (χ2v) is 3.80. The van der Waals surface area contributed by atoms with Gasteiger partial charge in [0, 0.05) is 4.91 Å². The van der Waals surface area contributed by atoms with Crippen LogP contribution in [0.1, 0.15) is 20.3 Å². The largest absolute Gasteiger partial charge is 0.376 e. The molecule has 0 saturated heterocycles. The topological polar surface area (TPSA) is 9.23 Å². The first kappa shape index (κ1) is 8.15. The maximum atomic E-state index is 5.33. The van der Waals surface area contributed by atoms with Crippen molar-refractivity contribution in [1.29, 1.82) is 0 Å². The summed E-state index contributed by atoms with van der Waals surface area (Å²) in [6, 6.07) is 0. The Morgan fingerprint density at radius 1 is 1.60 bits per heavy atom. The van der Waals surface area contributed by atoms with E-state index in [4.69, 9.17) is 4.74 Å². The molecule has 0 amide bonds. The molecule has 1 rings (SSSR count). The molecular formula is C8H14OS. The predicted molar refractivity (Wildman–Crippen MR) is 46.3 cm³/mol. The average molecular weight is 158 g/mol. The molecule has 0 N–H and O–H groups in total. The highest BCUT2D eigenvalue weighted by atomic mass is 32.2. The third-order valence-corrected chi connectivity index (χ3v) is 2.75. The van der Waals surface area contributed by atoms with Gasteiger partial charge < -0.3 is 4.74 Å². The zero-order chi connectivity index (χ0) is 7.40. The Balaban J connectivity index is 2.50. The fourth-order valence-corrected chi connectivity index (χ4v) is 1.86. The molecule has 10 heavy (non-hydrogen) atoms. The first-order valence-corrected chi connectivity index (χ1v) is 4.72. The number of hydrogen-bond donors (Lipinski definition) is 0. The Bertz CT molecular complexity index is 140. The molecule has 0 aromatic rings. The van der Waals surface area contributed by atoms with Crippen molar-refractivity contribution in [3.8, 4) is 0 Å². The molecule has 0 bridgehead atoms. The molecule has 58 valence electrons. The quantitative estimate of drug-likeness (QED) is 0.610. The molecule has 0 radical (unpaired) electrons. The molecule has 0 aliphatic carbocycles. The lowest BCUT2D eigenvalue weighted by Gasteiger charge is -2.16. The van der Waals surface area contributed by atoms with E-state index in [1.165, 1.54) is 10.5 Å². The fourth-order valence-electron chi connectivity index (χ4n) is 0.992. The van der Waals surface area contributed by atoms with Crippen molar-refractivity contribution in [1.82, 2.24) is 0 Å². The highest BCUT2D eigenvalue weighted by Gasteiger charge is 2.07. The van der Waals surface area contributed by atoms with E-state index in [1.54, 1.807) is 0 Å². The fraction of sp³-hybridized carbons (Fsp3) is 0.750. The van der Waals surface area contributed by atoms with Crippen molar-refractivity contribution >= 4 is 11.8 Å². The standard InChI is InChI=1S/C8H14OS/c1-3-10-8-6-9-5-4-7(8)2/h3-6H2,1-2H3. The van der Waals surface area contributed by atoms with E-state index in [1.807, 2.05) is 11.8 Å². The van der Waals surface area contributed by atoms with Crippen LogP contribution in [0.3, 0.4) is 0 Å². The van der Waals surface area contributed by atoms with Crippen molar-refractivity contribution < 1.29 is 4.74 Å². The van der Waals surface area contributed by atoms with Gasteiger partial charge in [0.05, 0.1) is 13.2 Å². The molecule has 2 heteroatoms. The maximum Gasteiger partial charge on any atom is 0.0775 e. The van der Waals surface area contributed by atoms with Gasteiger partial charge in [0.2, 0.25) is 0 Å². The van der Waals surface area contributed by atoms with E-state index in [0.717, 1.165) is 25.4 Å². The van der Waals surface area contributed by atoms with Crippen LogP contribution in [0.2, 0.25) is 0 Å². The zero-order valence-electron chi connectivity index (χ0n) is 6.64. The van der Waals surface area contributed by atoms with E-state index in [0.29, 0.717) is 0 Å². The normalized spacial score (nSPS) is 19.8. The molecule has 0 spiro atoms. The second-order valence-electron chi connectivity index (χ2n) is 2.44. The Morgan fingerprint density at radius 3 is 3.00 bits per heavy atom. The van der Waals surface area contributed by atoms with E-state index in [2.05, 4.69) is 13.8 Å². The van der Waals surface area contributed by atoms with E-state index in [-0.39, 0.29) is 0 Å². The summed E-state index contributed by atoms with van der Waals surface area (Å²) in [6.07, 6.45) is 1.13. The van der Waals surface area contributed by atoms with Gasteiger partial charge in [0.25, 0.3) is 0 Å². The molecule has 0 atom stereocenters. The van der Waals surface area contributed by atoms with Crippen LogP contribution in [-0.2, 0) is 4.74 Å².